The largest absolute Gasteiger partial charge is 0.382 e. The summed E-state index contributed by atoms with van der Waals surface area (Å²) in [7, 11) is 0. The Balaban J connectivity index is 2.20. The van der Waals surface area contributed by atoms with Crippen molar-refractivity contribution in [3.05, 3.63) is 40.9 Å². The number of hydrogen-bond acceptors (Lipinski definition) is 2. The molecular formula is C14H16BrNO. The van der Waals surface area contributed by atoms with Crippen molar-refractivity contribution in [3.63, 3.8) is 0 Å². The van der Waals surface area contributed by atoms with Crippen LogP contribution in [-0.4, -0.2) is 19.8 Å². The molecule has 0 aliphatic carbocycles. The van der Waals surface area contributed by atoms with Gasteiger partial charge in [-0.25, -0.2) is 0 Å². The highest BCUT2D eigenvalue weighted by Gasteiger charge is 2.02. The van der Waals surface area contributed by atoms with Gasteiger partial charge in [0.15, 0.2) is 0 Å². The second-order valence-electron chi connectivity index (χ2n) is 3.76. The quantitative estimate of drug-likeness (QED) is 0.840. The third kappa shape index (κ3) is 2.99. The summed E-state index contributed by atoms with van der Waals surface area (Å²) in [5.41, 5.74) is 1.16. The third-order valence-corrected chi connectivity index (χ3v) is 3.33. The van der Waals surface area contributed by atoms with E-state index in [4.69, 9.17) is 4.74 Å². The molecule has 0 spiro atoms. The Hall–Kier alpha value is -1.06. The van der Waals surface area contributed by atoms with E-state index in [1.807, 2.05) is 6.92 Å². The fraction of sp³-hybridized carbons (Fsp3) is 0.286. The molecule has 17 heavy (non-hydrogen) atoms. The lowest BCUT2D eigenvalue weighted by atomic mass is 10.1. The first-order chi connectivity index (χ1) is 8.33. The Labute approximate surface area is 110 Å². The van der Waals surface area contributed by atoms with Gasteiger partial charge in [-0.15, -0.1) is 0 Å². The summed E-state index contributed by atoms with van der Waals surface area (Å²) in [4.78, 5) is 0. The van der Waals surface area contributed by atoms with Gasteiger partial charge in [0, 0.05) is 28.7 Å². The topological polar surface area (TPSA) is 21.3 Å². The summed E-state index contributed by atoms with van der Waals surface area (Å²) in [6, 6.07) is 12.5. The molecular weight excluding hydrogens is 278 g/mol. The molecule has 0 amide bonds. The summed E-state index contributed by atoms with van der Waals surface area (Å²) in [5, 5.41) is 5.87. The highest BCUT2D eigenvalue weighted by Crippen LogP contribution is 2.29. The Morgan fingerprint density at radius 1 is 1.12 bits per heavy atom. The number of hydrogen-bond donors (Lipinski definition) is 1. The standard InChI is InChI=1S/C14H16BrNO/c1-2-17-10-9-16-14-8-7-13(15)11-5-3-4-6-12(11)14/h3-8,16H,2,9-10H2,1H3. The van der Waals surface area contributed by atoms with Crippen LogP contribution in [0.25, 0.3) is 10.8 Å². The Bertz CT molecular complexity index is 499. The van der Waals surface area contributed by atoms with Crippen molar-refractivity contribution in [2.75, 3.05) is 25.1 Å². The number of anilines is 1. The summed E-state index contributed by atoms with van der Waals surface area (Å²) in [5.74, 6) is 0. The summed E-state index contributed by atoms with van der Waals surface area (Å²) in [6.45, 7) is 4.35. The van der Waals surface area contributed by atoms with Gasteiger partial charge in [-0.2, -0.15) is 0 Å². The van der Waals surface area contributed by atoms with Crippen molar-refractivity contribution in [1.82, 2.24) is 0 Å². The van der Waals surface area contributed by atoms with Gasteiger partial charge < -0.3 is 10.1 Å². The maximum Gasteiger partial charge on any atom is 0.0638 e. The zero-order chi connectivity index (χ0) is 12.1. The van der Waals surface area contributed by atoms with Gasteiger partial charge >= 0.3 is 0 Å². The van der Waals surface area contributed by atoms with E-state index < -0.39 is 0 Å². The number of benzene rings is 2. The number of rotatable bonds is 5. The molecule has 0 unspecified atom stereocenters. The lowest BCUT2D eigenvalue weighted by Crippen LogP contribution is -2.09. The molecule has 2 aromatic rings. The van der Waals surface area contributed by atoms with Crippen molar-refractivity contribution in [2.45, 2.75) is 6.92 Å². The molecule has 2 rings (SSSR count). The van der Waals surface area contributed by atoms with E-state index >= 15 is 0 Å². The van der Waals surface area contributed by atoms with Gasteiger partial charge in [0.25, 0.3) is 0 Å². The fourth-order valence-corrected chi connectivity index (χ4v) is 2.30. The van der Waals surface area contributed by atoms with E-state index in [0.717, 1.165) is 29.9 Å². The first kappa shape index (κ1) is 12.4. The van der Waals surface area contributed by atoms with Crippen LogP contribution in [0.2, 0.25) is 0 Å². The average Bonchev–Trinajstić information content (AvgIpc) is 2.37. The third-order valence-electron chi connectivity index (χ3n) is 2.64. The van der Waals surface area contributed by atoms with Crippen LogP contribution in [0.5, 0.6) is 0 Å². The summed E-state index contributed by atoms with van der Waals surface area (Å²) in [6.07, 6.45) is 0. The van der Waals surface area contributed by atoms with Crippen LogP contribution in [0.3, 0.4) is 0 Å². The van der Waals surface area contributed by atoms with E-state index in [1.54, 1.807) is 0 Å². The molecule has 0 saturated carbocycles. The molecule has 0 atom stereocenters. The van der Waals surface area contributed by atoms with E-state index in [1.165, 1.54) is 10.8 Å². The fourth-order valence-electron chi connectivity index (χ4n) is 1.82. The van der Waals surface area contributed by atoms with Crippen LogP contribution in [-0.2, 0) is 4.74 Å². The molecule has 90 valence electrons. The van der Waals surface area contributed by atoms with Crippen molar-refractivity contribution >= 4 is 32.4 Å². The lowest BCUT2D eigenvalue weighted by Gasteiger charge is -2.10. The van der Waals surface area contributed by atoms with E-state index in [9.17, 15) is 0 Å². The van der Waals surface area contributed by atoms with E-state index in [0.29, 0.717) is 0 Å². The number of nitrogens with one attached hydrogen (secondary N) is 1. The molecule has 0 fully saturated rings. The van der Waals surface area contributed by atoms with E-state index in [-0.39, 0.29) is 0 Å². The van der Waals surface area contributed by atoms with Crippen LogP contribution in [0.15, 0.2) is 40.9 Å². The first-order valence-corrected chi connectivity index (χ1v) is 6.61. The Kier molecular flexibility index (Phi) is 4.40. The maximum absolute atomic E-state index is 5.32. The Morgan fingerprint density at radius 2 is 1.88 bits per heavy atom. The smallest absolute Gasteiger partial charge is 0.0638 e. The van der Waals surface area contributed by atoms with Crippen molar-refractivity contribution in [1.29, 1.82) is 0 Å². The minimum absolute atomic E-state index is 0.737. The van der Waals surface area contributed by atoms with Gasteiger partial charge in [-0.1, -0.05) is 40.2 Å². The Morgan fingerprint density at radius 3 is 2.65 bits per heavy atom. The zero-order valence-corrected chi connectivity index (χ0v) is 11.5. The summed E-state index contributed by atoms with van der Waals surface area (Å²) < 4.78 is 6.45. The highest BCUT2D eigenvalue weighted by atomic mass is 79.9. The molecule has 2 nitrogen and oxygen atoms in total. The van der Waals surface area contributed by atoms with Gasteiger partial charge in [-0.05, 0) is 24.4 Å². The predicted molar refractivity (Wildman–Crippen MR) is 76.6 cm³/mol. The van der Waals surface area contributed by atoms with Crippen molar-refractivity contribution < 1.29 is 4.74 Å². The predicted octanol–water partition coefficient (Wildman–Crippen LogP) is 4.05. The molecule has 0 radical (unpaired) electrons. The molecule has 0 saturated heterocycles. The van der Waals surface area contributed by atoms with Crippen molar-refractivity contribution in [3.8, 4) is 0 Å². The second kappa shape index (κ2) is 6.03. The lowest BCUT2D eigenvalue weighted by molar-refractivity contribution is 0.158. The SMILES string of the molecule is CCOCCNc1ccc(Br)c2ccccc12. The van der Waals surface area contributed by atoms with Crippen molar-refractivity contribution in [2.24, 2.45) is 0 Å². The monoisotopic (exact) mass is 293 g/mol. The number of ether oxygens (including phenoxy) is 1. The van der Waals surface area contributed by atoms with Gasteiger partial charge in [0.2, 0.25) is 0 Å². The van der Waals surface area contributed by atoms with Crippen LogP contribution in [0, 0.1) is 0 Å². The first-order valence-electron chi connectivity index (χ1n) is 5.82. The van der Waals surface area contributed by atoms with E-state index in [2.05, 4.69) is 57.6 Å². The molecule has 3 heteroatoms. The molecule has 0 heterocycles. The highest BCUT2D eigenvalue weighted by molar-refractivity contribution is 9.10. The summed E-state index contributed by atoms with van der Waals surface area (Å²) >= 11 is 3.57. The number of fused-ring (bicyclic) bond motifs is 1. The molecule has 0 aliphatic rings. The molecule has 1 N–H and O–H groups in total. The van der Waals surface area contributed by atoms with Crippen LogP contribution < -0.4 is 5.32 Å². The minimum Gasteiger partial charge on any atom is -0.382 e. The molecule has 0 aliphatic heterocycles. The van der Waals surface area contributed by atoms with Crippen LogP contribution >= 0.6 is 15.9 Å². The van der Waals surface area contributed by atoms with Gasteiger partial charge in [-0.3, -0.25) is 0 Å². The number of halogens is 1. The second-order valence-corrected chi connectivity index (χ2v) is 4.62. The van der Waals surface area contributed by atoms with Crippen LogP contribution in [0.1, 0.15) is 6.92 Å². The molecule has 0 bridgehead atoms. The zero-order valence-electron chi connectivity index (χ0n) is 9.87. The van der Waals surface area contributed by atoms with Crippen LogP contribution in [0.4, 0.5) is 5.69 Å². The maximum atomic E-state index is 5.32. The molecule has 2 aromatic carbocycles. The average molecular weight is 294 g/mol. The molecule has 0 aromatic heterocycles. The normalized spacial score (nSPS) is 10.7. The van der Waals surface area contributed by atoms with Gasteiger partial charge in [0.1, 0.15) is 0 Å². The minimum atomic E-state index is 0.737. The van der Waals surface area contributed by atoms with Gasteiger partial charge in [0.05, 0.1) is 6.61 Å².